The monoisotopic (exact) mass is 308 g/mol. The summed E-state index contributed by atoms with van der Waals surface area (Å²) >= 11 is 1.10. The van der Waals surface area contributed by atoms with Crippen LogP contribution in [0.25, 0.3) is 11.2 Å². The molecule has 0 saturated carbocycles. The molecule has 0 saturated heterocycles. The number of carboxylic acids is 1. The lowest BCUT2D eigenvalue weighted by molar-refractivity contribution is -0.134. The van der Waals surface area contributed by atoms with Gasteiger partial charge in [-0.25, -0.2) is 9.97 Å². The molecule has 0 fully saturated rings. The predicted octanol–water partition coefficient (Wildman–Crippen LogP) is 1.35. The quantitative estimate of drug-likeness (QED) is 0.779. The molecular weight excluding hydrogens is 292 g/mol. The van der Waals surface area contributed by atoms with Gasteiger partial charge in [-0.3, -0.25) is 9.59 Å². The summed E-state index contributed by atoms with van der Waals surface area (Å²) < 4.78 is 1.77. The zero-order valence-electron chi connectivity index (χ0n) is 11.7. The number of aromatic nitrogens is 3. The van der Waals surface area contributed by atoms with Gasteiger partial charge >= 0.3 is 5.97 Å². The van der Waals surface area contributed by atoms with Crippen LogP contribution in [0.4, 0.5) is 0 Å². The minimum Gasteiger partial charge on any atom is -0.481 e. The number of rotatable bonds is 6. The highest BCUT2D eigenvalue weighted by Gasteiger charge is 2.19. The van der Waals surface area contributed by atoms with E-state index in [4.69, 9.17) is 10.8 Å². The number of hydrogen-bond donors (Lipinski definition) is 2. The van der Waals surface area contributed by atoms with Crippen LogP contribution in [0.5, 0.6) is 0 Å². The van der Waals surface area contributed by atoms with Crippen LogP contribution in [0.3, 0.4) is 0 Å². The average molecular weight is 308 g/mol. The molecule has 3 N–H and O–H groups in total. The minimum absolute atomic E-state index is 0.106. The molecule has 0 aliphatic heterocycles. The Balaban J connectivity index is 2.48. The largest absolute Gasteiger partial charge is 0.481 e. The fraction of sp³-hybridized carbons (Fsp3) is 0.385. The summed E-state index contributed by atoms with van der Waals surface area (Å²) in [5.74, 6) is -1.46. The Kier molecular flexibility index (Phi) is 4.46. The van der Waals surface area contributed by atoms with Gasteiger partial charge in [0.1, 0.15) is 5.52 Å². The molecule has 21 heavy (non-hydrogen) atoms. The molecule has 8 heteroatoms. The van der Waals surface area contributed by atoms with Gasteiger partial charge in [-0.15, -0.1) is 0 Å². The van der Waals surface area contributed by atoms with E-state index in [0.29, 0.717) is 16.3 Å². The molecule has 2 aromatic heterocycles. The third-order valence-corrected chi connectivity index (χ3v) is 3.83. The Morgan fingerprint density at radius 2 is 2.24 bits per heavy atom. The molecule has 1 unspecified atom stereocenters. The number of fused-ring (bicyclic) bond motifs is 1. The van der Waals surface area contributed by atoms with Crippen molar-refractivity contribution in [3.8, 4) is 0 Å². The number of carbonyl (C=O) groups is 2. The number of hydrogen-bond acceptors (Lipinski definition) is 5. The van der Waals surface area contributed by atoms with Crippen molar-refractivity contribution < 1.29 is 14.7 Å². The topological polar surface area (TPSA) is 111 Å². The van der Waals surface area contributed by atoms with Crippen LogP contribution < -0.4 is 5.73 Å². The van der Waals surface area contributed by atoms with Gasteiger partial charge in [-0.2, -0.15) is 0 Å². The highest BCUT2D eigenvalue weighted by molar-refractivity contribution is 7.99. The first-order chi connectivity index (χ1) is 9.88. The molecular formula is C13H16N4O3S. The van der Waals surface area contributed by atoms with Crippen LogP contribution in [0.2, 0.25) is 0 Å². The standard InChI is InChI=1S/C13H16N4O3S/c1-7-3-9-12(15-5-7)17(8(2)4-10(14)18)13(16-9)21-6-11(19)20/h3,5,8H,4,6H2,1-2H3,(H2,14,18)(H,19,20). The van der Waals surface area contributed by atoms with Crippen LogP contribution >= 0.6 is 11.8 Å². The highest BCUT2D eigenvalue weighted by atomic mass is 32.2. The Bertz CT molecular complexity index is 698. The second kappa shape index (κ2) is 6.13. The van der Waals surface area contributed by atoms with Crippen LogP contribution in [0.1, 0.15) is 24.9 Å². The van der Waals surface area contributed by atoms with Crippen molar-refractivity contribution in [2.75, 3.05) is 5.75 Å². The first kappa shape index (κ1) is 15.3. The number of nitrogens with zero attached hydrogens (tertiary/aromatic N) is 3. The maximum Gasteiger partial charge on any atom is 0.313 e. The van der Waals surface area contributed by atoms with Gasteiger partial charge in [-0.1, -0.05) is 11.8 Å². The second-order valence-electron chi connectivity index (χ2n) is 4.82. The van der Waals surface area contributed by atoms with Gasteiger partial charge in [0.15, 0.2) is 10.8 Å². The zero-order valence-corrected chi connectivity index (χ0v) is 12.6. The first-order valence-electron chi connectivity index (χ1n) is 6.36. The summed E-state index contributed by atoms with van der Waals surface area (Å²) in [6.07, 6.45) is 1.85. The summed E-state index contributed by atoms with van der Waals surface area (Å²) in [5.41, 5.74) is 7.52. The van der Waals surface area contributed by atoms with Crippen molar-refractivity contribution >= 4 is 34.8 Å². The normalized spacial score (nSPS) is 12.5. The fourth-order valence-electron chi connectivity index (χ4n) is 2.07. The molecule has 0 aliphatic rings. The van der Waals surface area contributed by atoms with E-state index < -0.39 is 11.9 Å². The summed E-state index contributed by atoms with van der Waals surface area (Å²) in [6.45, 7) is 3.74. The number of carbonyl (C=O) groups excluding carboxylic acids is 1. The van der Waals surface area contributed by atoms with Crippen molar-refractivity contribution in [1.29, 1.82) is 0 Å². The van der Waals surface area contributed by atoms with E-state index >= 15 is 0 Å². The van der Waals surface area contributed by atoms with Crippen LogP contribution in [-0.2, 0) is 9.59 Å². The van der Waals surface area contributed by atoms with Crippen molar-refractivity contribution in [1.82, 2.24) is 14.5 Å². The smallest absolute Gasteiger partial charge is 0.313 e. The van der Waals surface area contributed by atoms with E-state index in [2.05, 4.69) is 9.97 Å². The molecule has 1 amide bonds. The van der Waals surface area contributed by atoms with Gasteiger partial charge < -0.3 is 15.4 Å². The maximum absolute atomic E-state index is 11.1. The zero-order chi connectivity index (χ0) is 15.6. The van der Waals surface area contributed by atoms with Gasteiger partial charge in [0, 0.05) is 18.7 Å². The van der Waals surface area contributed by atoms with Crippen molar-refractivity contribution in [2.24, 2.45) is 5.73 Å². The third kappa shape index (κ3) is 3.52. The molecule has 7 nitrogen and oxygen atoms in total. The Labute approximate surface area is 125 Å². The lowest BCUT2D eigenvalue weighted by Gasteiger charge is -2.14. The second-order valence-corrected chi connectivity index (χ2v) is 5.76. The van der Waals surface area contributed by atoms with Crippen molar-refractivity contribution in [3.05, 3.63) is 17.8 Å². The Morgan fingerprint density at radius 1 is 1.52 bits per heavy atom. The number of aryl methyl sites for hydroxylation is 1. The summed E-state index contributed by atoms with van der Waals surface area (Å²) in [7, 11) is 0. The van der Waals surface area contributed by atoms with Crippen molar-refractivity contribution in [2.45, 2.75) is 31.5 Å². The van der Waals surface area contributed by atoms with E-state index in [9.17, 15) is 9.59 Å². The molecule has 0 aliphatic carbocycles. The number of primary amides is 1. The number of aliphatic carboxylic acids is 1. The van der Waals surface area contributed by atoms with Crippen LogP contribution in [0, 0.1) is 6.92 Å². The molecule has 1 atom stereocenters. The van der Waals surface area contributed by atoms with E-state index in [1.54, 1.807) is 10.8 Å². The van der Waals surface area contributed by atoms with Crippen LogP contribution in [-0.4, -0.2) is 37.3 Å². The summed E-state index contributed by atoms with van der Waals surface area (Å²) in [4.78, 5) is 30.7. The number of amides is 1. The molecule has 0 bridgehead atoms. The SMILES string of the molecule is Cc1cnc2c(c1)nc(SCC(=O)O)n2C(C)CC(N)=O. The number of nitrogens with two attached hydrogens (primary N) is 1. The van der Waals surface area contributed by atoms with Gasteiger partial charge in [0.25, 0.3) is 0 Å². The lowest BCUT2D eigenvalue weighted by atomic mass is 10.2. The van der Waals surface area contributed by atoms with Gasteiger partial charge in [-0.05, 0) is 25.5 Å². The van der Waals surface area contributed by atoms with E-state index in [-0.39, 0.29) is 18.2 Å². The molecule has 2 heterocycles. The maximum atomic E-state index is 11.1. The van der Waals surface area contributed by atoms with Gasteiger partial charge in [0.2, 0.25) is 5.91 Å². The van der Waals surface area contributed by atoms with E-state index in [1.807, 2.05) is 19.9 Å². The summed E-state index contributed by atoms with van der Waals surface area (Å²) in [5, 5.41) is 9.35. The van der Waals surface area contributed by atoms with E-state index in [0.717, 1.165) is 17.3 Å². The molecule has 0 aromatic carbocycles. The Hall–Kier alpha value is -2.09. The first-order valence-corrected chi connectivity index (χ1v) is 7.34. The number of imidazole rings is 1. The fourth-order valence-corrected chi connectivity index (χ4v) is 2.89. The summed E-state index contributed by atoms with van der Waals surface area (Å²) in [6, 6.07) is 1.64. The number of carboxylic acid groups (broad SMARTS) is 1. The molecule has 2 rings (SSSR count). The highest BCUT2D eigenvalue weighted by Crippen LogP contribution is 2.28. The molecule has 0 radical (unpaired) electrons. The predicted molar refractivity (Wildman–Crippen MR) is 79.1 cm³/mol. The molecule has 2 aromatic rings. The lowest BCUT2D eigenvalue weighted by Crippen LogP contribution is -2.18. The van der Waals surface area contributed by atoms with Gasteiger partial charge in [0.05, 0.1) is 5.75 Å². The number of thioether (sulfide) groups is 1. The Morgan fingerprint density at radius 3 is 2.86 bits per heavy atom. The molecule has 112 valence electrons. The minimum atomic E-state index is -0.926. The van der Waals surface area contributed by atoms with Crippen molar-refractivity contribution in [3.63, 3.8) is 0 Å². The van der Waals surface area contributed by atoms with E-state index in [1.165, 1.54) is 0 Å². The van der Waals surface area contributed by atoms with Crippen LogP contribution in [0.15, 0.2) is 17.4 Å². The molecule has 0 spiro atoms. The third-order valence-electron chi connectivity index (χ3n) is 2.90. The average Bonchev–Trinajstić information content (AvgIpc) is 2.72. The number of pyridine rings is 1.